The molecule has 0 spiro atoms. The minimum Gasteiger partial charge on any atom is -0.492 e. The first kappa shape index (κ1) is 13.3. The third-order valence-corrected chi connectivity index (χ3v) is 3.62. The molecule has 1 N–H and O–H groups in total. The number of nitro benzene ring substituents is 1. The normalized spacial score (nSPS) is 19.5. The molecule has 18 heavy (non-hydrogen) atoms. The van der Waals surface area contributed by atoms with E-state index in [0.29, 0.717) is 22.7 Å². The quantitative estimate of drug-likeness (QED) is 0.685. The molecule has 2 rings (SSSR count). The van der Waals surface area contributed by atoms with Gasteiger partial charge in [-0.3, -0.25) is 10.1 Å². The highest BCUT2D eigenvalue weighted by atomic mass is 79.9. The molecule has 1 saturated heterocycles. The molecule has 1 atom stereocenters. The second-order valence-corrected chi connectivity index (χ2v) is 5.25. The lowest BCUT2D eigenvalue weighted by Crippen LogP contribution is -2.33. The van der Waals surface area contributed by atoms with Crippen LogP contribution in [0.15, 0.2) is 22.7 Å². The van der Waals surface area contributed by atoms with Crippen molar-refractivity contribution in [2.75, 3.05) is 19.7 Å². The average Bonchev–Trinajstić information content (AvgIpc) is 2.38. The first-order valence-corrected chi connectivity index (χ1v) is 6.73. The number of nitrogens with one attached hydrogen (secondary N) is 1. The summed E-state index contributed by atoms with van der Waals surface area (Å²) in [7, 11) is 0. The maximum Gasteiger partial charge on any atom is 0.270 e. The van der Waals surface area contributed by atoms with Crippen LogP contribution < -0.4 is 10.1 Å². The number of rotatable bonds is 4. The van der Waals surface area contributed by atoms with E-state index in [2.05, 4.69) is 21.2 Å². The lowest BCUT2D eigenvalue weighted by atomic mass is 10.0. The molecule has 0 aliphatic carbocycles. The van der Waals surface area contributed by atoms with Crippen molar-refractivity contribution in [3.8, 4) is 5.75 Å². The first-order chi connectivity index (χ1) is 8.66. The summed E-state index contributed by atoms with van der Waals surface area (Å²) in [5.41, 5.74) is 0.0635. The van der Waals surface area contributed by atoms with Gasteiger partial charge in [-0.25, -0.2) is 0 Å². The Labute approximate surface area is 114 Å². The van der Waals surface area contributed by atoms with Crippen LogP contribution >= 0.6 is 15.9 Å². The molecule has 6 heteroatoms. The summed E-state index contributed by atoms with van der Waals surface area (Å²) >= 11 is 3.30. The fourth-order valence-corrected chi connectivity index (χ4v) is 2.48. The Hall–Kier alpha value is -1.14. The van der Waals surface area contributed by atoms with E-state index in [4.69, 9.17) is 4.74 Å². The van der Waals surface area contributed by atoms with Gasteiger partial charge in [-0.05, 0) is 41.4 Å². The zero-order valence-corrected chi connectivity index (χ0v) is 11.5. The molecule has 0 amide bonds. The number of nitro groups is 1. The van der Waals surface area contributed by atoms with Crippen molar-refractivity contribution in [2.45, 2.75) is 12.8 Å². The predicted octanol–water partition coefficient (Wildman–Crippen LogP) is 2.74. The highest BCUT2D eigenvalue weighted by molar-refractivity contribution is 9.10. The van der Waals surface area contributed by atoms with Gasteiger partial charge >= 0.3 is 0 Å². The first-order valence-electron chi connectivity index (χ1n) is 5.94. The maximum atomic E-state index is 10.6. The molecule has 1 fully saturated rings. The number of halogens is 1. The van der Waals surface area contributed by atoms with Crippen molar-refractivity contribution in [3.63, 3.8) is 0 Å². The van der Waals surface area contributed by atoms with E-state index in [1.165, 1.54) is 18.6 Å². The number of hydrogen-bond donors (Lipinski definition) is 1. The zero-order chi connectivity index (χ0) is 13.0. The summed E-state index contributed by atoms with van der Waals surface area (Å²) < 4.78 is 6.33. The Kier molecular flexibility index (Phi) is 4.54. The van der Waals surface area contributed by atoms with E-state index >= 15 is 0 Å². The van der Waals surface area contributed by atoms with Gasteiger partial charge in [0.2, 0.25) is 0 Å². The van der Waals surface area contributed by atoms with Crippen molar-refractivity contribution in [1.29, 1.82) is 0 Å². The molecule has 0 saturated carbocycles. The molecule has 1 aromatic rings. The van der Waals surface area contributed by atoms with Gasteiger partial charge < -0.3 is 10.1 Å². The monoisotopic (exact) mass is 314 g/mol. The van der Waals surface area contributed by atoms with Gasteiger partial charge in [0.1, 0.15) is 5.75 Å². The van der Waals surface area contributed by atoms with E-state index in [1.54, 1.807) is 6.07 Å². The fraction of sp³-hybridized carbons (Fsp3) is 0.500. The molecule has 5 nitrogen and oxygen atoms in total. The molecule has 1 aliphatic heterocycles. The smallest absolute Gasteiger partial charge is 0.270 e. The number of nitrogens with zero attached hydrogens (tertiary/aromatic N) is 1. The van der Waals surface area contributed by atoms with Crippen molar-refractivity contribution >= 4 is 21.6 Å². The van der Waals surface area contributed by atoms with Crippen LogP contribution in [0.2, 0.25) is 0 Å². The van der Waals surface area contributed by atoms with E-state index in [9.17, 15) is 10.1 Å². The van der Waals surface area contributed by atoms with Crippen molar-refractivity contribution < 1.29 is 9.66 Å². The lowest BCUT2D eigenvalue weighted by molar-refractivity contribution is -0.385. The van der Waals surface area contributed by atoms with E-state index < -0.39 is 4.92 Å². The molecular weight excluding hydrogens is 300 g/mol. The Morgan fingerprint density at radius 1 is 1.56 bits per heavy atom. The van der Waals surface area contributed by atoms with E-state index in [0.717, 1.165) is 19.5 Å². The topological polar surface area (TPSA) is 64.4 Å². The zero-order valence-electron chi connectivity index (χ0n) is 9.89. The number of benzene rings is 1. The van der Waals surface area contributed by atoms with Gasteiger partial charge in [0.25, 0.3) is 5.69 Å². The van der Waals surface area contributed by atoms with Crippen molar-refractivity contribution in [2.24, 2.45) is 5.92 Å². The van der Waals surface area contributed by atoms with Gasteiger partial charge in [0.15, 0.2) is 0 Å². The second kappa shape index (κ2) is 6.15. The van der Waals surface area contributed by atoms with Gasteiger partial charge in [-0.15, -0.1) is 0 Å². The molecular formula is C12H15BrN2O3. The van der Waals surface area contributed by atoms with Crippen LogP contribution in [0, 0.1) is 16.0 Å². The van der Waals surface area contributed by atoms with Crippen LogP contribution in [0.1, 0.15) is 12.8 Å². The van der Waals surface area contributed by atoms with Crippen LogP contribution in [0.3, 0.4) is 0 Å². The van der Waals surface area contributed by atoms with Crippen LogP contribution in [-0.2, 0) is 0 Å². The molecule has 1 unspecified atom stereocenters. The van der Waals surface area contributed by atoms with Crippen LogP contribution in [0.25, 0.3) is 0 Å². The standard InChI is InChI=1S/C12H15BrN2O3/c13-11-6-10(15(16)17)3-4-12(11)18-8-9-2-1-5-14-7-9/h3-4,6,9,14H,1-2,5,7-8H2. The summed E-state index contributed by atoms with van der Waals surface area (Å²) in [6.07, 6.45) is 2.34. The van der Waals surface area contributed by atoms with Crippen molar-refractivity contribution in [3.05, 3.63) is 32.8 Å². The highest BCUT2D eigenvalue weighted by Crippen LogP contribution is 2.29. The summed E-state index contributed by atoms with van der Waals surface area (Å²) in [6.45, 7) is 2.70. The number of non-ortho nitro benzene ring substituents is 1. The Morgan fingerprint density at radius 2 is 2.39 bits per heavy atom. The minimum atomic E-state index is -0.417. The minimum absolute atomic E-state index is 0.0635. The fourth-order valence-electron chi connectivity index (χ4n) is 1.99. The second-order valence-electron chi connectivity index (χ2n) is 4.40. The molecule has 1 aliphatic rings. The van der Waals surface area contributed by atoms with Crippen LogP contribution in [0.4, 0.5) is 5.69 Å². The van der Waals surface area contributed by atoms with Crippen molar-refractivity contribution in [1.82, 2.24) is 5.32 Å². The van der Waals surface area contributed by atoms with Gasteiger partial charge in [0, 0.05) is 24.6 Å². The van der Waals surface area contributed by atoms with E-state index in [-0.39, 0.29) is 5.69 Å². The number of piperidine rings is 1. The van der Waals surface area contributed by atoms with E-state index in [1.807, 2.05) is 0 Å². The summed E-state index contributed by atoms with van der Waals surface area (Å²) in [5.74, 6) is 1.17. The molecule has 1 heterocycles. The summed E-state index contributed by atoms with van der Waals surface area (Å²) in [5, 5.41) is 13.9. The Balaban J connectivity index is 1.94. The van der Waals surface area contributed by atoms with Gasteiger partial charge in [-0.2, -0.15) is 0 Å². The van der Waals surface area contributed by atoms with Gasteiger partial charge in [0.05, 0.1) is 16.0 Å². The average molecular weight is 315 g/mol. The maximum absolute atomic E-state index is 10.6. The Bertz CT molecular complexity index is 433. The number of hydrogen-bond acceptors (Lipinski definition) is 4. The molecule has 0 bridgehead atoms. The third-order valence-electron chi connectivity index (χ3n) is 3.00. The Morgan fingerprint density at radius 3 is 3.00 bits per heavy atom. The largest absolute Gasteiger partial charge is 0.492 e. The predicted molar refractivity (Wildman–Crippen MR) is 71.9 cm³/mol. The SMILES string of the molecule is O=[N+]([O-])c1ccc(OCC2CCCNC2)c(Br)c1. The number of ether oxygens (including phenoxy) is 1. The molecule has 0 radical (unpaired) electrons. The van der Waals surface area contributed by atoms with Crippen LogP contribution in [0.5, 0.6) is 5.75 Å². The molecule has 1 aromatic carbocycles. The summed E-state index contributed by atoms with van der Waals surface area (Å²) in [6, 6.07) is 4.56. The van der Waals surface area contributed by atoms with Crippen LogP contribution in [-0.4, -0.2) is 24.6 Å². The van der Waals surface area contributed by atoms with Gasteiger partial charge in [-0.1, -0.05) is 0 Å². The third kappa shape index (κ3) is 3.43. The lowest BCUT2D eigenvalue weighted by Gasteiger charge is -2.22. The molecule has 0 aromatic heterocycles. The highest BCUT2D eigenvalue weighted by Gasteiger charge is 2.15. The molecule has 98 valence electrons. The summed E-state index contributed by atoms with van der Waals surface area (Å²) in [4.78, 5) is 10.2.